The molecule has 0 aliphatic rings. The number of halogens is 1. The number of aliphatic hydroxyl groups is 1. The smallest absolute Gasteiger partial charge is 0.407 e. The fraction of sp³-hybridized carbons (Fsp3) is 0.500. The van der Waals surface area contributed by atoms with E-state index in [-0.39, 0.29) is 6.61 Å². The lowest BCUT2D eigenvalue weighted by molar-refractivity contribution is 0.0520. The average Bonchev–Trinajstić information content (AvgIpc) is 2.34. The third kappa shape index (κ3) is 5.79. The van der Waals surface area contributed by atoms with Gasteiger partial charge in [0.15, 0.2) is 0 Å². The van der Waals surface area contributed by atoms with E-state index in [0.717, 1.165) is 10.0 Å². The summed E-state index contributed by atoms with van der Waals surface area (Å²) in [5, 5.41) is 11.7. The van der Waals surface area contributed by atoms with Crippen LogP contribution in [0, 0.1) is 0 Å². The highest BCUT2D eigenvalue weighted by molar-refractivity contribution is 9.10. The molecule has 0 aliphatic heterocycles. The highest BCUT2D eigenvalue weighted by Gasteiger charge is 2.15. The zero-order valence-corrected chi connectivity index (χ0v) is 13.5. The minimum atomic E-state index is -0.510. The van der Waals surface area contributed by atoms with Crippen LogP contribution in [-0.4, -0.2) is 30.0 Å². The van der Waals surface area contributed by atoms with Crippen molar-refractivity contribution in [2.75, 3.05) is 13.2 Å². The van der Waals surface area contributed by atoms with Crippen molar-refractivity contribution in [3.05, 3.63) is 28.2 Å². The van der Waals surface area contributed by atoms with Gasteiger partial charge in [0.2, 0.25) is 0 Å². The molecule has 20 heavy (non-hydrogen) atoms. The summed E-state index contributed by atoms with van der Waals surface area (Å²) in [6.07, 6.45) is -0.468. The highest BCUT2D eigenvalue weighted by atomic mass is 79.9. The summed E-state index contributed by atoms with van der Waals surface area (Å²) >= 11 is 3.37. The van der Waals surface area contributed by atoms with E-state index in [1.807, 2.05) is 0 Å². The molecule has 0 heterocycles. The maximum Gasteiger partial charge on any atom is 0.407 e. The zero-order valence-electron chi connectivity index (χ0n) is 11.9. The number of hydrogen-bond donors (Lipinski definition) is 2. The Morgan fingerprint density at radius 2 is 2.10 bits per heavy atom. The molecule has 0 fully saturated rings. The van der Waals surface area contributed by atoms with Crippen LogP contribution in [0.2, 0.25) is 0 Å². The van der Waals surface area contributed by atoms with Gasteiger partial charge in [0, 0.05) is 0 Å². The third-order valence-corrected chi connectivity index (χ3v) is 3.14. The van der Waals surface area contributed by atoms with E-state index in [9.17, 15) is 4.79 Å². The predicted molar refractivity (Wildman–Crippen MR) is 79.8 cm³/mol. The van der Waals surface area contributed by atoms with Crippen molar-refractivity contribution in [3.63, 3.8) is 0 Å². The second-order valence-corrected chi connectivity index (χ2v) is 5.96. The van der Waals surface area contributed by atoms with Crippen molar-refractivity contribution in [2.24, 2.45) is 0 Å². The number of ether oxygens (including phenoxy) is 2. The summed E-state index contributed by atoms with van der Waals surface area (Å²) < 4.78 is 11.4. The molecule has 0 saturated carbocycles. The number of carbonyl (C=O) groups excluding carboxylic acids is 1. The first-order chi connectivity index (χ1) is 9.33. The molecule has 0 aliphatic carbocycles. The topological polar surface area (TPSA) is 67.8 Å². The van der Waals surface area contributed by atoms with Crippen LogP contribution in [0.5, 0.6) is 5.75 Å². The van der Waals surface area contributed by atoms with E-state index in [0.29, 0.717) is 18.9 Å². The second-order valence-electron chi connectivity index (χ2n) is 5.16. The number of alkyl carbamates (subject to hydrolysis) is 1. The first kappa shape index (κ1) is 16.8. The van der Waals surface area contributed by atoms with Gasteiger partial charge in [0.1, 0.15) is 18.0 Å². The Morgan fingerprint density at radius 3 is 2.70 bits per heavy atom. The van der Waals surface area contributed by atoms with Crippen LogP contribution in [0.1, 0.15) is 26.3 Å². The molecule has 0 saturated heterocycles. The standard InChI is InChI=1S/C14H20BrNO4/c1-14(2,3)20-13(18)16-7-8-19-11-6-4-5-10(9-17)12(11)15/h4-6,17H,7-9H2,1-3H3,(H,16,18). The van der Waals surface area contributed by atoms with Crippen molar-refractivity contribution in [1.82, 2.24) is 5.32 Å². The summed E-state index contributed by atoms with van der Waals surface area (Å²) in [5.41, 5.74) is 0.242. The molecule has 6 heteroatoms. The van der Waals surface area contributed by atoms with Gasteiger partial charge in [-0.25, -0.2) is 4.79 Å². The van der Waals surface area contributed by atoms with Gasteiger partial charge in [-0.3, -0.25) is 0 Å². The van der Waals surface area contributed by atoms with Crippen LogP contribution < -0.4 is 10.1 Å². The summed E-state index contributed by atoms with van der Waals surface area (Å²) in [7, 11) is 0. The quantitative estimate of drug-likeness (QED) is 0.805. The summed E-state index contributed by atoms with van der Waals surface area (Å²) in [6, 6.07) is 5.39. The Kier molecular flexibility index (Phi) is 6.29. The number of benzene rings is 1. The number of rotatable bonds is 5. The Labute approximate surface area is 127 Å². The van der Waals surface area contributed by atoms with Crippen LogP contribution in [0.25, 0.3) is 0 Å². The molecule has 2 N–H and O–H groups in total. The maximum absolute atomic E-state index is 11.4. The predicted octanol–water partition coefficient (Wildman–Crippen LogP) is 2.84. The SMILES string of the molecule is CC(C)(C)OC(=O)NCCOc1cccc(CO)c1Br. The normalized spacial score (nSPS) is 11.1. The lowest BCUT2D eigenvalue weighted by Crippen LogP contribution is -2.34. The van der Waals surface area contributed by atoms with Crippen LogP contribution in [0.3, 0.4) is 0 Å². The van der Waals surface area contributed by atoms with Gasteiger partial charge >= 0.3 is 6.09 Å². The molecule has 0 unspecified atom stereocenters. The maximum atomic E-state index is 11.4. The van der Waals surface area contributed by atoms with Crippen molar-refractivity contribution < 1.29 is 19.4 Å². The van der Waals surface area contributed by atoms with Gasteiger partial charge in [0.05, 0.1) is 17.6 Å². The van der Waals surface area contributed by atoms with E-state index in [2.05, 4.69) is 21.2 Å². The molecule has 0 radical (unpaired) electrons. The van der Waals surface area contributed by atoms with E-state index in [1.54, 1.807) is 39.0 Å². The Hall–Kier alpha value is -1.27. The first-order valence-corrected chi connectivity index (χ1v) is 7.10. The zero-order chi connectivity index (χ0) is 15.2. The van der Waals surface area contributed by atoms with Gasteiger partial charge in [-0.1, -0.05) is 12.1 Å². The Morgan fingerprint density at radius 1 is 1.40 bits per heavy atom. The van der Waals surface area contributed by atoms with E-state index in [4.69, 9.17) is 14.6 Å². The molecule has 112 valence electrons. The van der Waals surface area contributed by atoms with Crippen molar-refractivity contribution in [1.29, 1.82) is 0 Å². The van der Waals surface area contributed by atoms with Crippen LogP contribution >= 0.6 is 15.9 Å². The molecule has 5 nitrogen and oxygen atoms in total. The van der Waals surface area contributed by atoms with Crippen molar-refractivity contribution in [3.8, 4) is 5.75 Å². The number of nitrogens with one attached hydrogen (secondary N) is 1. The summed E-state index contributed by atoms with van der Waals surface area (Å²) in [6.45, 7) is 6.01. The van der Waals surface area contributed by atoms with E-state index in [1.165, 1.54) is 0 Å². The summed E-state index contributed by atoms with van der Waals surface area (Å²) in [4.78, 5) is 11.4. The fourth-order valence-electron chi connectivity index (χ4n) is 1.42. The molecule has 1 aromatic carbocycles. The molecule has 1 amide bonds. The van der Waals surface area contributed by atoms with Gasteiger partial charge in [0.25, 0.3) is 0 Å². The van der Waals surface area contributed by atoms with Crippen LogP contribution in [-0.2, 0) is 11.3 Å². The van der Waals surface area contributed by atoms with Crippen molar-refractivity contribution >= 4 is 22.0 Å². The summed E-state index contributed by atoms with van der Waals surface area (Å²) in [5.74, 6) is 0.627. The molecule has 0 aromatic heterocycles. The highest BCUT2D eigenvalue weighted by Crippen LogP contribution is 2.28. The molecule has 1 rings (SSSR count). The first-order valence-electron chi connectivity index (χ1n) is 6.31. The molecule has 1 aromatic rings. The van der Waals surface area contributed by atoms with E-state index < -0.39 is 11.7 Å². The van der Waals surface area contributed by atoms with E-state index >= 15 is 0 Å². The Balaban J connectivity index is 2.37. The molecule has 0 bridgehead atoms. The van der Waals surface area contributed by atoms with Crippen LogP contribution in [0.4, 0.5) is 4.79 Å². The third-order valence-electron chi connectivity index (χ3n) is 2.24. The number of carbonyl (C=O) groups is 1. The lowest BCUT2D eigenvalue weighted by Gasteiger charge is -2.19. The average molecular weight is 346 g/mol. The largest absolute Gasteiger partial charge is 0.491 e. The number of amides is 1. The monoisotopic (exact) mass is 345 g/mol. The molecule has 0 atom stereocenters. The molecular formula is C14H20BrNO4. The van der Waals surface area contributed by atoms with Crippen LogP contribution in [0.15, 0.2) is 22.7 Å². The molecular weight excluding hydrogens is 326 g/mol. The van der Waals surface area contributed by atoms with Gasteiger partial charge in [-0.2, -0.15) is 0 Å². The van der Waals surface area contributed by atoms with Crippen molar-refractivity contribution in [2.45, 2.75) is 33.0 Å². The van der Waals surface area contributed by atoms with Gasteiger partial charge in [-0.05, 0) is 48.3 Å². The van der Waals surface area contributed by atoms with Gasteiger partial charge in [-0.15, -0.1) is 0 Å². The lowest BCUT2D eigenvalue weighted by atomic mass is 10.2. The fourth-order valence-corrected chi connectivity index (χ4v) is 1.92. The Bertz CT molecular complexity index is 457. The van der Waals surface area contributed by atoms with Gasteiger partial charge < -0.3 is 19.9 Å². The minimum absolute atomic E-state index is 0.0616. The number of hydrogen-bond acceptors (Lipinski definition) is 4. The second kappa shape index (κ2) is 7.50. The number of aliphatic hydroxyl groups excluding tert-OH is 1. The minimum Gasteiger partial charge on any atom is -0.491 e. The molecule has 0 spiro atoms.